The van der Waals surface area contributed by atoms with Crippen LogP contribution in [-0.4, -0.2) is 49.7 Å². The Labute approximate surface area is 152 Å². The number of hydrogen-bond donors (Lipinski definition) is 0. The van der Waals surface area contributed by atoms with Crippen molar-refractivity contribution in [3.05, 3.63) is 30.0 Å². The molecule has 0 spiro atoms. The van der Waals surface area contributed by atoms with E-state index in [1.807, 2.05) is 13.8 Å². The Hall–Kier alpha value is -2.70. The monoisotopic (exact) mass is 361 g/mol. The summed E-state index contributed by atoms with van der Waals surface area (Å²) in [6, 6.07) is 4.64. The fourth-order valence-corrected chi connectivity index (χ4v) is 3.01. The molecular weight excluding hydrogens is 338 g/mol. The van der Waals surface area contributed by atoms with E-state index >= 15 is 0 Å². The van der Waals surface area contributed by atoms with Crippen molar-refractivity contribution in [3.63, 3.8) is 0 Å². The first-order valence-corrected chi connectivity index (χ1v) is 8.64. The predicted octanol–water partition coefficient (Wildman–Crippen LogP) is 2.15. The van der Waals surface area contributed by atoms with Crippen molar-refractivity contribution in [2.45, 2.75) is 26.3 Å². The number of methoxy groups -OCH3 is 1. The second-order valence-corrected chi connectivity index (χ2v) is 6.65. The molecule has 0 saturated carbocycles. The molecule has 3 rings (SSSR count). The Kier molecular flexibility index (Phi) is 5.35. The summed E-state index contributed by atoms with van der Waals surface area (Å²) < 4.78 is 21.7. The van der Waals surface area contributed by atoms with E-state index in [9.17, 15) is 9.59 Å². The van der Waals surface area contributed by atoms with Gasteiger partial charge >= 0.3 is 5.97 Å². The highest BCUT2D eigenvalue weighted by molar-refractivity contribution is 5.94. The Bertz CT molecular complexity index is 727. The third-order valence-electron chi connectivity index (χ3n) is 4.20. The molecule has 1 aromatic rings. The Balaban J connectivity index is 1.70. The predicted molar refractivity (Wildman–Crippen MR) is 93.1 cm³/mol. The summed E-state index contributed by atoms with van der Waals surface area (Å²) in [6.45, 7) is 5.22. The van der Waals surface area contributed by atoms with Gasteiger partial charge in [-0.3, -0.25) is 4.79 Å². The van der Waals surface area contributed by atoms with Gasteiger partial charge in [0.15, 0.2) is 11.5 Å². The van der Waals surface area contributed by atoms with Crippen LogP contribution in [0.2, 0.25) is 0 Å². The molecule has 7 heteroatoms. The number of fused-ring (bicyclic) bond motifs is 1. The van der Waals surface area contributed by atoms with Gasteiger partial charge in [-0.2, -0.15) is 0 Å². The summed E-state index contributed by atoms with van der Waals surface area (Å²) in [7, 11) is 1.33. The zero-order chi connectivity index (χ0) is 18.7. The van der Waals surface area contributed by atoms with Gasteiger partial charge in [0.05, 0.1) is 13.7 Å². The van der Waals surface area contributed by atoms with Crippen LogP contribution >= 0.6 is 0 Å². The molecule has 0 radical (unpaired) electrons. The van der Waals surface area contributed by atoms with Gasteiger partial charge in [-0.15, -0.1) is 0 Å². The van der Waals surface area contributed by atoms with Crippen LogP contribution in [0.15, 0.2) is 30.0 Å². The van der Waals surface area contributed by atoms with Crippen molar-refractivity contribution >= 4 is 11.9 Å². The molecule has 2 heterocycles. The van der Waals surface area contributed by atoms with E-state index in [1.54, 1.807) is 18.2 Å². The molecule has 1 aromatic carbocycles. The molecule has 0 aromatic heterocycles. The van der Waals surface area contributed by atoms with Crippen molar-refractivity contribution in [3.8, 4) is 17.2 Å². The maximum absolute atomic E-state index is 12.4. The molecule has 2 aliphatic rings. The lowest BCUT2D eigenvalue weighted by Gasteiger charge is -2.27. The minimum atomic E-state index is -0.620. The van der Waals surface area contributed by atoms with Gasteiger partial charge in [0.25, 0.3) is 5.91 Å². The van der Waals surface area contributed by atoms with Gasteiger partial charge in [-0.25, -0.2) is 4.79 Å². The number of rotatable bonds is 6. The smallest absolute Gasteiger partial charge is 0.328 e. The SMILES string of the molecule is COC(=O)C(CC(C)C)N1CC(Oc2ccc3c(c2)OCCO3)=CC1=O. The van der Waals surface area contributed by atoms with E-state index in [-0.39, 0.29) is 18.4 Å². The van der Waals surface area contributed by atoms with Gasteiger partial charge in [0.2, 0.25) is 0 Å². The fraction of sp³-hybridized carbons (Fsp3) is 0.474. The normalized spacial score (nSPS) is 17.2. The molecule has 0 aliphatic carbocycles. The first-order chi connectivity index (χ1) is 12.5. The Morgan fingerprint density at radius 2 is 1.96 bits per heavy atom. The molecule has 26 heavy (non-hydrogen) atoms. The molecule has 0 N–H and O–H groups in total. The molecule has 1 atom stereocenters. The molecule has 140 valence electrons. The molecule has 0 fully saturated rings. The molecule has 7 nitrogen and oxygen atoms in total. The molecular formula is C19H23NO6. The van der Waals surface area contributed by atoms with Crippen LogP contribution < -0.4 is 14.2 Å². The lowest BCUT2D eigenvalue weighted by Crippen LogP contribution is -2.44. The summed E-state index contributed by atoms with van der Waals surface area (Å²) >= 11 is 0. The first-order valence-electron chi connectivity index (χ1n) is 8.64. The summed E-state index contributed by atoms with van der Waals surface area (Å²) in [6.07, 6.45) is 1.94. The van der Waals surface area contributed by atoms with Gasteiger partial charge < -0.3 is 23.8 Å². The van der Waals surface area contributed by atoms with Crippen LogP contribution in [0.5, 0.6) is 17.2 Å². The quantitative estimate of drug-likeness (QED) is 0.723. The van der Waals surface area contributed by atoms with Crippen molar-refractivity contribution in [2.24, 2.45) is 5.92 Å². The van der Waals surface area contributed by atoms with Crippen LogP contribution in [-0.2, 0) is 14.3 Å². The minimum Gasteiger partial charge on any atom is -0.486 e. The van der Waals surface area contributed by atoms with Crippen LogP contribution in [0.1, 0.15) is 20.3 Å². The first kappa shape index (κ1) is 18.1. The number of hydrogen-bond acceptors (Lipinski definition) is 6. The van der Waals surface area contributed by atoms with E-state index < -0.39 is 12.0 Å². The summed E-state index contributed by atoms with van der Waals surface area (Å²) in [5.74, 6) is 1.88. The van der Waals surface area contributed by atoms with Crippen LogP contribution in [0.25, 0.3) is 0 Å². The van der Waals surface area contributed by atoms with Crippen molar-refractivity contribution in [1.82, 2.24) is 4.90 Å². The molecule has 0 bridgehead atoms. The summed E-state index contributed by atoms with van der Waals surface area (Å²) in [5, 5.41) is 0. The van der Waals surface area contributed by atoms with E-state index in [4.69, 9.17) is 18.9 Å². The van der Waals surface area contributed by atoms with Gasteiger partial charge in [-0.05, 0) is 24.5 Å². The Morgan fingerprint density at radius 3 is 2.65 bits per heavy atom. The van der Waals surface area contributed by atoms with Crippen LogP contribution in [0.3, 0.4) is 0 Å². The van der Waals surface area contributed by atoms with E-state index in [0.29, 0.717) is 42.6 Å². The van der Waals surface area contributed by atoms with Crippen molar-refractivity contribution in [2.75, 3.05) is 26.9 Å². The van der Waals surface area contributed by atoms with Crippen molar-refractivity contribution < 1.29 is 28.5 Å². The number of carbonyl (C=O) groups excluding carboxylic acids is 2. The second-order valence-electron chi connectivity index (χ2n) is 6.65. The second kappa shape index (κ2) is 7.68. The lowest BCUT2D eigenvalue weighted by molar-refractivity contribution is -0.151. The summed E-state index contributed by atoms with van der Waals surface area (Å²) in [5.41, 5.74) is 0. The van der Waals surface area contributed by atoms with Gasteiger partial charge in [-0.1, -0.05) is 13.8 Å². The van der Waals surface area contributed by atoms with Gasteiger partial charge in [0, 0.05) is 12.1 Å². The van der Waals surface area contributed by atoms with E-state index in [0.717, 1.165) is 0 Å². The number of carbonyl (C=O) groups is 2. The van der Waals surface area contributed by atoms with Crippen LogP contribution in [0.4, 0.5) is 0 Å². The lowest BCUT2D eigenvalue weighted by atomic mass is 10.0. The number of amides is 1. The molecule has 0 saturated heterocycles. The largest absolute Gasteiger partial charge is 0.486 e. The highest BCUT2D eigenvalue weighted by Crippen LogP contribution is 2.34. The van der Waals surface area contributed by atoms with Crippen molar-refractivity contribution in [1.29, 1.82) is 0 Å². The average Bonchev–Trinajstić information content (AvgIpc) is 2.98. The van der Waals surface area contributed by atoms with E-state index in [1.165, 1.54) is 18.1 Å². The number of ether oxygens (including phenoxy) is 4. The topological polar surface area (TPSA) is 74.3 Å². The third kappa shape index (κ3) is 3.92. The molecule has 1 amide bonds. The van der Waals surface area contributed by atoms with Crippen LogP contribution in [0, 0.1) is 5.92 Å². The standard InChI is InChI=1S/C19H23NO6/c1-12(2)8-15(19(22)23-3)20-11-14(10-18(20)21)26-13-4-5-16-17(9-13)25-7-6-24-16/h4-5,9-10,12,15H,6-8,11H2,1-3H3. The van der Waals surface area contributed by atoms with Gasteiger partial charge in [0.1, 0.15) is 30.8 Å². The highest BCUT2D eigenvalue weighted by atomic mass is 16.6. The fourth-order valence-electron chi connectivity index (χ4n) is 3.01. The maximum atomic E-state index is 12.4. The zero-order valence-electron chi connectivity index (χ0n) is 15.2. The third-order valence-corrected chi connectivity index (χ3v) is 4.20. The minimum absolute atomic E-state index is 0.222. The average molecular weight is 361 g/mol. The number of esters is 1. The summed E-state index contributed by atoms with van der Waals surface area (Å²) in [4.78, 5) is 25.9. The van der Waals surface area contributed by atoms with E-state index in [2.05, 4.69) is 0 Å². The molecule has 2 aliphatic heterocycles. The maximum Gasteiger partial charge on any atom is 0.328 e. The molecule has 1 unspecified atom stereocenters. The zero-order valence-corrected chi connectivity index (χ0v) is 15.2. The number of benzene rings is 1. The Morgan fingerprint density at radius 1 is 1.23 bits per heavy atom. The highest BCUT2D eigenvalue weighted by Gasteiger charge is 2.35. The number of nitrogens with zero attached hydrogens (tertiary/aromatic N) is 1.